The Morgan fingerprint density at radius 3 is 2.38 bits per heavy atom. The van der Waals surface area contributed by atoms with Crippen molar-refractivity contribution in [2.24, 2.45) is 0 Å². The van der Waals surface area contributed by atoms with Crippen LogP contribution in [0.5, 0.6) is 0 Å². The summed E-state index contributed by atoms with van der Waals surface area (Å²) < 4.78 is 16.6. The first kappa shape index (κ1) is 22.1. The molecule has 0 aliphatic carbocycles. The van der Waals surface area contributed by atoms with Gasteiger partial charge in [0.1, 0.15) is 11.3 Å². The molecule has 0 bridgehead atoms. The number of benzene rings is 2. The summed E-state index contributed by atoms with van der Waals surface area (Å²) in [6.07, 6.45) is 0. The lowest BCUT2D eigenvalue weighted by atomic mass is 9.79. The highest BCUT2D eigenvalue weighted by Crippen LogP contribution is 2.40. The largest absolute Gasteiger partial charge is 0.382 e. The van der Waals surface area contributed by atoms with E-state index in [1.807, 2.05) is 14.0 Å². The Balaban J connectivity index is 1.93. The predicted molar refractivity (Wildman–Crippen MR) is 131 cm³/mol. The van der Waals surface area contributed by atoms with Gasteiger partial charge in [-0.05, 0) is 53.6 Å². The van der Waals surface area contributed by atoms with E-state index >= 15 is 0 Å². The van der Waals surface area contributed by atoms with E-state index in [2.05, 4.69) is 73.9 Å². The van der Waals surface area contributed by atoms with Crippen LogP contribution in [0.2, 0.25) is 0 Å². The molecule has 0 aliphatic heterocycles. The van der Waals surface area contributed by atoms with Gasteiger partial charge in [0, 0.05) is 17.8 Å². The third-order valence-electron chi connectivity index (χ3n) is 6.36. The van der Waals surface area contributed by atoms with Crippen molar-refractivity contribution in [2.75, 3.05) is 18.1 Å². The number of rotatable bonds is 4. The summed E-state index contributed by atoms with van der Waals surface area (Å²) in [6.45, 7) is 15.7. The van der Waals surface area contributed by atoms with Gasteiger partial charge in [0.15, 0.2) is 11.6 Å². The van der Waals surface area contributed by atoms with Crippen LogP contribution in [0.3, 0.4) is 0 Å². The molecule has 0 saturated heterocycles. The Kier molecular flexibility index (Phi) is 4.99. The molecular formula is C25H33FN6. The van der Waals surface area contributed by atoms with E-state index < -0.39 is 0 Å². The highest BCUT2D eigenvalue weighted by Gasteiger charge is 2.31. The molecule has 7 heteroatoms. The molecule has 6 nitrogen and oxygen atoms in total. The van der Waals surface area contributed by atoms with Crippen LogP contribution in [0.15, 0.2) is 18.2 Å². The summed E-state index contributed by atoms with van der Waals surface area (Å²) in [4.78, 5) is 0. The fourth-order valence-corrected chi connectivity index (χ4v) is 5.28. The molecule has 4 aromatic rings. The van der Waals surface area contributed by atoms with Crippen molar-refractivity contribution in [1.29, 1.82) is 0 Å². The average molecular weight is 437 g/mol. The lowest BCUT2D eigenvalue weighted by Gasteiger charge is -2.29. The van der Waals surface area contributed by atoms with E-state index in [-0.39, 0.29) is 16.6 Å². The number of hydrogen-bond acceptors (Lipinski definition) is 4. The van der Waals surface area contributed by atoms with Gasteiger partial charge in [-0.3, -0.25) is 9.78 Å². The first-order chi connectivity index (χ1) is 14.9. The lowest BCUT2D eigenvalue weighted by Crippen LogP contribution is -2.27. The van der Waals surface area contributed by atoms with Crippen LogP contribution in [0.1, 0.15) is 56.9 Å². The van der Waals surface area contributed by atoms with Crippen LogP contribution in [0, 0.1) is 19.7 Å². The molecule has 0 atom stereocenters. The molecule has 0 radical (unpaired) electrons. The fraction of sp³-hybridized carbons (Fsp3) is 0.440. The van der Waals surface area contributed by atoms with Crippen molar-refractivity contribution >= 4 is 33.4 Å². The molecule has 0 aliphatic rings. The Bertz CT molecular complexity index is 1340. The molecule has 0 spiro atoms. The number of aryl methyl sites for hydroxylation is 2. The molecule has 0 saturated carbocycles. The summed E-state index contributed by atoms with van der Waals surface area (Å²) >= 11 is 0. The normalized spacial score (nSPS) is 12.8. The highest BCUT2D eigenvalue weighted by molar-refractivity contribution is 5.96. The van der Waals surface area contributed by atoms with Gasteiger partial charge in [0.2, 0.25) is 0 Å². The molecule has 0 fully saturated rings. The Labute approximate surface area is 188 Å². The zero-order valence-electron chi connectivity index (χ0n) is 20.2. The van der Waals surface area contributed by atoms with Gasteiger partial charge in [0.25, 0.3) is 0 Å². The van der Waals surface area contributed by atoms with Gasteiger partial charge >= 0.3 is 0 Å². The topological polar surface area (TPSA) is 84.5 Å². The van der Waals surface area contributed by atoms with Crippen molar-refractivity contribution < 1.29 is 4.39 Å². The van der Waals surface area contributed by atoms with E-state index in [0.29, 0.717) is 23.3 Å². The number of halogens is 1. The van der Waals surface area contributed by atoms with Gasteiger partial charge in [-0.2, -0.15) is 10.2 Å². The van der Waals surface area contributed by atoms with Crippen LogP contribution < -0.4 is 11.1 Å². The zero-order chi connectivity index (χ0) is 23.6. The quantitative estimate of drug-likeness (QED) is 0.391. The third kappa shape index (κ3) is 3.31. The van der Waals surface area contributed by atoms with E-state index in [1.165, 1.54) is 11.1 Å². The molecule has 2 aromatic heterocycles. The van der Waals surface area contributed by atoms with Gasteiger partial charge in [0.05, 0.1) is 17.4 Å². The fourth-order valence-electron chi connectivity index (χ4n) is 5.28. The number of nitrogens with two attached hydrogens (primary N) is 1. The van der Waals surface area contributed by atoms with E-state index in [1.54, 1.807) is 6.07 Å². The second kappa shape index (κ2) is 7.22. The van der Waals surface area contributed by atoms with E-state index in [0.717, 1.165) is 27.8 Å². The molecule has 170 valence electrons. The number of anilines is 2. The van der Waals surface area contributed by atoms with Crippen molar-refractivity contribution in [3.05, 3.63) is 46.3 Å². The number of H-pyrrole nitrogens is 1. The first-order valence-corrected chi connectivity index (χ1v) is 11.0. The van der Waals surface area contributed by atoms with Crippen LogP contribution in [-0.2, 0) is 17.4 Å². The number of hydrogen-bond donors (Lipinski definition) is 3. The number of nitrogens with zero attached hydrogens (tertiary/aromatic N) is 3. The van der Waals surface area contributed by atoms with Crippen molar-refractivity contribution in [3.8, 4) is 0 Å². The number of aromatic amines is 1. The minimum atomic E-state index is -0.384. The summed E-state index contributed by atoms with van der Waals surface area (Å²) in [5, 5.41) is 16.9. The maximum absolute atomic E-state index is 14.6. The lowest BCUT2D eigenvalue weighted by molar-refractivity contribution is 0.418. The van der Waals surface area contributed by atoms with E-state index in [4.69, 9.17) is 10.8 Å². The minimum Gasteiger partial charge on any atom is -0.382 e. The number of fused-ring (bicyclic) bond motifs is 2. The van der Waals surface area contributed by atoms with Crippen LogP contribution in [0.25, 0.3) is 21.8 Å². The molecule has 0 amide bonds. The zero-order valence-corrected chi connectivity index (χ0v) is 20.2. The summed E-state index contributed by atoms with van der Waals surface area (Å²) in [6, 6.07) is 5.87. The molecule has 32 heavy (non-hydrogen) atoms. The Morgan fingerprint density at radius 1 is 1.06 bits per heavy atom. The van der Waals surface area contributed by atoms with Crippen LogP contribution in [-0.4, -0.2) is 27.0 Å². The number of nitrogen functional groups attached to an aromatic ring is 1. The summed E-state index contributed by atoms with van der Waals surface area (Å²) in [5.41, 5.74) is 11.6. The first-order valence-electron chi connectivity index (χ1n) is 11.0. The molecule has 2 heterocycles. The molecule has 0 unspecified atom stereocenters. The highest BCUT2D eigenvalue weighted by atomic mass is 19.1. The van der Waals surface area contributed by atoms with Gasteiger partial charge in [-0.15, -0.1) is 0 Å². The number of aromatic nitrogens is 4. The maximum Gasteiger partial charge on any atom is 0.156 e. The van der Waals surface area contributed by atoms with Gasteiger partial charge in [-0.1, -0.05) is 40.7 Å². The monoisotopic (exact) mass is 436 g/mol. The molecule has 4 N–H and O–H groups in total. The van der Waals surface area contributed by atoms with E-state index in [9.17, 15) is 4.39 Å². The molecule has 4 rings (SSSR count). The second-order valence-corrected chi connectivity index (χ2v) is 10.5. The number of nitrogens with one attached hydrogen (secondary N) is 2. The smallest absolute Gasteiger partial charge is 0.156 e. The Morgan fingerprint density at radius 2 is 1.75 bits per heavy atom. The van der Waals surface area contributed by atoms with Crippen LogP contribution in [0.4, 0.5) is 16.0 Å². The summed E-state index contributed by atoms with van der Waals surface area (Å²) in [5.74, 6) is 0.847. The van der Waals surface area contributed by atoms with Gasteiger partial charge < -0.3 is 11.1 Å². The average Bonchev–Trinajstić information content (AvgIpc) is 3.21. The molecular weight excluding hydrogens is 403 g/mol. The van der Waals surface area contributed by atoms with Crippen LogP contribution >= 0.6 is 0 Å². The molecule has 2 aromatic carbocycles. The van der Waals surface area contributed by atoms with Crippen molar-refractivity contribution in [2.45, 2.75) is 65.8 Å². The maximum atomic E-state index is 14.6. The Hall–Kier alpha value is -3.09. The second-order valence-electron chi connectivity index (χ2n) is 10.5. The van der Waals surface area contributed by atoms with Crippen molar-refractivity contribution in [1.82, 2.24) is 20.0 Å². The predicted octanol–water partition coefficient (Wildman–Crippen LogP) is 5.57. The van der Waals surface area contributed by atoms with Gasteiger partial charge in [-0.25, -0.2) is 4.39 Å². The summed E-state index contributed by atoms with van der Waals surface area (Å²) in [7, 11) is 1.91. The third-order valence-corrected chi connectivity index (χ3v) is 6.36. The standard InChI is InChI=1S/C25H33FN6/c1-13-9-10-16-17(19(13)24(3,4)5)23(28-8)31-32(16)12-25(6,7)20-14(2)11-15(26)21-18(20)22(27)30-29-21/h9-11H,12H2,1-8H3,(H,28,31)(H3,27,29,30). The minimum absolute atomic E-state index is 0.0243. The SMILES string of the molecule is CNc1nn(CC(C)(C)c2c(C)cc(F)c3[nH]nc(N)c23)c2ccc(C)c(C(C)(C)C)c12. The van der Waals surface area contributed by atoms with Crippen molar-refractivity contribution in [3.63, 3.8) is 0 Å².